The molecule has 0 aliphatic heterocycles. The van der Waals surface area contributed by atoms with E-state index in [2.05, 4.69) is 24.3 Å². The van der Waals surface area contributed by atoms with Gasteiger partial charge in [-0.3, -0.25) is 0 Å². The molecule has 0 saturated heterocycles. The maximum Gasteiger partial charge on any atom is 0.227 e. The SMILES string of the molecule is Cc1oc(-c2cccc3ccccc23)nc1Cc1cc2cc(C#N)ccc2o1. The van der Waals surface area contributed by atoms with Gasteiger partial charge >= 0.3 is 0 Å². The van der Waals surface area contributed by atoms with Crippen molar-refractivity contribution in [2.24, 2.45) is 0 Å². The van der Waals surface area contributed by atoms with Crippen LogP contribution >= 0.6 is 0 Å². The number of nitrogens with zero attached hydrogens (tertiary/aromatic N) is 2. The molecule has 0 unspecified atom stereocenters. The Labute approximate surface area is 161 Å². The Balaban J connectivity index is 1.52. The second-order valence-electron chi connectivity index (χ2n) is 6.80. The molecule has 4 nitrogen and oxygen atoms in total. The fraction of sp³-hybridized carbons (Fsp3) is 0.0833. The van der Waals surface area contributed by atoms with E-state index in [0.29, 0.717) is 17.9 Å². The number of furan rings is 1. The van der Waals surface area contributed by atoms with Crippen LogP contribution in [0.4, 0.5) is 0 Å². The first-order chi connectivity index (χ1) is 13.7. The summed E-state index contributed by atoms with van der Waals surface area (Å²) in [6, 6.07) is 23.9. The smallest absolute Gasteiger partial charge is 0.227 e. The third-order valence-electron chi connectivity index (χ3n) is 4.95. The summed E-state index contributed by atoms with van der Waals surface area (Å²) in [4.78, 5) is 4.75. The van der Waals surface area contributed by atoms with Gasteiger partial charge in [0.2, 0.25) is 5.89 Å². The standard InChI is InChI=1S/C24H16N2O2/c1-15-22(13-19-12-18-11-16(14-25)9-10-23(18)28-19)26-24(27-15)21-8-4-6-17-5-2-3-7-20(17)21/h2-12H,13H2,1H3. The van der Waals surface area contributed by atoms with E-state index in [9.17, 15) is 0 Å². The number of oxazole rings is 1. The molecule has 0 aliphatic carbocycles. The zero-order chi connectivity index (χ0) is 19.1. The van der Waals surface area contributed by atoms with Crippen molar-refractivity contribution in [1.29, 1.82) is 5.26 Å². The molecule has 2 aromatic heterocycles. The van der Waals surface area contributed by atoms with E-state index in [1.165, 1.54) is 0 Å². The normalized spacial score (nSPS) is 11.1. The van der Waals surface area contributed by atoms with Crippen molar-refractivity contribution >= 4 is 21.7 Å². The summed E-state index contributed by atoms with van der Waals surface area (Å²) in [7, 11) is 0. The zero-order valence-corrected chi connectivity index (χ0v) is 15.3. The molecule has 0 aliphatic rings. The van der Waals surface area contributed by atoms with Crippen molar-refractivity contribution in [3.05, 3.63) is 89.5 Å². The molecule has 5 aromatic rings. The first-order valence-electron chi connectivity index (χ1n) is 9.08. The highest BCUT2D eigenvalue weighted by atomic mass is 16.4. The number of aryl methyl sites for hydroxylation is 1. The van der Waals surface area contributed by atoms with Crippen LogP contribution in [0, 0.1) is 18.3 Å². The summed E-state index contributed by atoms with van der Waals surface area (Å²) in [6.45, 7) is 1.92. The summed E-state index contributed by atoms with van der Waals surface area (Å²) in [6.07, 6.45) is 0.538. The molecule has 28 heavy (non-hydrogen) atoms. The molecular formula is C24H16N2O2. The average molecular weight is 364 g/mol. The predicted molar refractivity (Wildman–Crippen MR) is 108 cm³/mol. The van der Waals surface area contributed by atoms with Gasteiger partial charge < -0.3 is 8.83 Å². The van der Waals surface area contributed by atoms with Gasteiger partial charge in [-0.2, -0.15) is 5.26 Å². The van der Waals surface area contributed by atoms with Crippen LogP contribution in [-0.2, 0) is 6.42 Å². The van der Waals surface area contributed by atoms with E-state index in [1.807, 2.05) is 49.4 Å². The Morgan fingerprint density at radius 1 is 0.929 bits per heavy atom. The molecule has 2 heterocycles. The maximum atomic E-state index is 9.06. The zero-order valence-electron chi connectivity index (χ0n) is 15.3. The first-order valence-corrected chi connectivity index (χ1v) is 9.08. The lowest BCUT2D eigenvalue weighted by Gasteiger charge is -2.02. The molecule has 0 atom stereocenters. The van der Waals surface area contributed by atoms with Crippen molar-refractivity contribution < 1.29 is 8.83 Å². The average Bonchev–Trinajstić information content (AvgIpc) is 3.29. The Hall–Kier alpha value is -3.84. The monoisotopic (exact) mass is 364 g/mol. The van der Waals surface area contributed by atoms with Crippen LogP contribution < -0.4 is 0 Å². The molecule has 0 fully saturated rings. The molecule has 5 rings (SSSR count). The molecule has 4 heteroatoms. The third kappa shape index (κ3) is 2.74. The Morgan fingerprint density at radius 2 is 1.79 bits per heavy atom. The molecule has 0 saturated carbocycles. The van der Waals surface area contributed by atoms with Crippen molar-refractivity contribution in [1.82, 2.24) is 4.98 Å². The Bertz CT molecular complexity index is 1360. The molecule has 0 amide bonds. The predicted octanol–water partition coefficient (Wildman–Crippen LogP) is 6.01. The lowest BCUT2D eigenvalue weighted by Crippen LogP contribution is -1.89. The van der Waals surface area contributed by atoms with Crippen LogP contribution in [0.25, 0.3) is 33.2 Å². The van der Waals surface area contributed by atoms with Gasteiger partial charge in [0.25, 0.3) is 0 Å². The molecule has 0 N–H and O–H groups in total. The minimum Gasteiger partial charge on any atom is -0.461 e. The topological polar surface area (TPSA) is 63.0 Å². The van der Waals surface area contributed by atoms with Gasteiger partial charge in [-0.05, 0) is 48.0 Å². The summed E-state index contributed by atoms with van der Waals surface area (Å²) in [5.74, 6) is 2.19. The van der Waals surface area contributed by atoms with Crippen LogP contribution in [0.2, 0.25) is 0 Å². The highest BCUT2D eigenvalue weighted by Gasteiger charge is 2.16. The number of rotatable bonds is 3. The van der Waals surface area contributed by atoms with Crippen LogP contribution in [0.5, 0.6) is 0 Å². The van der Waals surface area contributed by atoms with E-state index in [-0.39, 0.29) is 0 Å². The largest absolute Gasteiger partial charge is 0.461 e. The lowest BCUT2D eigenvalue weighted by molar-refractivity contribution is 0.534. The molecular weight excluding hydrogens is 348 g/mol. The molecule has 0 radical (unpaired) electrons. The Kier molecular flexibility index (Phi) is 3.73. The maximum absolute atomic E-state index is 9.06. The number of hydrogen-bond donors (Lipinski definition) is 0. The van der Waals surface area contributed by atoms with Gasteiger partial charge in [0.15, 0.2) is 0 Å². The third-order valence-corrected chi connectivity index (χ3v) is 4.95. The van der Waals surface area contributed by atoms with Crippen LogP contribution in [0.1, 0.15) is 22.8 Å². The number of hydrogen-bond acceptors (Lipinski definition) is 4. The summed E-state index contributed by atoms with van der Waals surface area (Å²) >= 11 is 0. The summed E-state index contributed by atoms with van der Waals surface area (Å²) < 4.78 is 11.9. The van der Waals surface area contributed by atoms with Crippen molar-refractivity contribution in [3.8, 4) is 17.5 Å². The summed E-state index contributed by atoms with van der Waals surface area (Å²) in [5, 5.41) is 12.3. The van der Waals surface area contributed by atoms with Crippen LogP contribution in [0.3, 0.4) is 0 Å². The van der Waals surface area contributed by atoms with Gasteiger partial charge in [0.05, 0.1) is 23.7 Å². The van der Waals surface area contributed by atoms with Gasteiger partial charge in [-0.15, -0.1) is 0 Å². The second-order valence-corrected chi connectivity index (χ2v) is 6.80. The minimum atomic E-state index is 0.538. The second kappa shape index (κ2) is 6.40. The molecule has 3 aromatic carbocycles. The van der Waals surface area contributed by atoms with E-state index in [4.69, 9.17) is 19.1 Å². The highest BCUT2D eigenvalue weighted by Crippen LogP contribution is 2.30. The quantitative estimate of drug-likeness (QED) is 0.393. The van der Waals surface area contributed by atoms with Gasteiger partial charge in [-0.25, -0.2) is 4.98 Å². The lowest BCUT2D eigenvalue weighted by atomic mass is 10.0. The van der Waals surface area contributed by atoms with Crippen molar-refractivity contribution in [2.45, 2.75) is 13.3 Å². The van der Waals surface area contributed by atoms with E-state index in [0.717, 1.165) is 44.5 Å². The van der Waals surface area contributed by atoms with E-state index < -0.39 is 0 Å². The number of benzene rings is 3. The summed E-state index contributed by atoms with van der Waals surface area (Å²) in [5.41, 5.74) is 3.22. The first kappa shape index (κ1) is 16.3. The number of fused-ring (bicyclic) bond motifs is 2. The van der Waals surface area contributed by atoms with Crippen molar-refractivity contribution in [2.75, 3.05) is 0 Å². The van der Waals surface area contributed by atoms with Gasteiger partial charge in [0, 0.05) is 10.9 Å². The van der Waals surface area contributed by atoms with Gasteiger partial charge in [0.1, 0.15) is 17.1 Å². The van der Waals surface area contributed by atoms with E-state index in [1.54, 1.807) is 6.07 Å². The highest BCUT2D eigenvalue weighted by molar-refractivity contribution is 5.94. The van der Waals surface area contributed by atoms with Crippen LogP contribution in [-0.4, -0.2) is 4.98 Å². The number of nitriles is 1. The van der Waals surface area contributed by atoms with E-state index >= 15 is 0 Å². The van der Waals surface area contributed by atoms with Crippen LogP contribution in [0.15, 0.2) is 75.6 Å². The number of aromatic nitrogens is 1. The van der Waals surface area contributed by atoms with Gasteiger partial charge in [-0.1, -0.05) is 36.4 Å². The molecule has 0 bridgehead atoms. The minimum absolute atomic E-state index is 0.538. The van der Waals surface area contributed by atoms with Crippen molar-refractivity contribution in [3.63, 3.8) is 0 Å². The fourth-order valence-corrected chi connectivity index (χ4v) is 3.54. The Morgan fingerprint density at radius 3 is 2.68 bits per heavy atom. The molecule has 134 valence electrons. The fourth-order valence-electron chi connectivity index (χ4n) is 3.54. The molecule has 0 spiro atoms.